The van der Waals surface area contributed by atoms with Gasteiger partial charge in [0.1, 0.15) is 17.5 Å². The molecular formula is C12H6ClF3. The van der Waals surface area contributed by atoms with Crippen molar-refractivity contribution in [2.24, 2.45) is 0 Å². The van der Waals surface area contributed by atoms with Crippen molar-refractivity contribution in [3.63, 3.8) is 0 Å². The topological polar surface area (TPSA) is 0 Å². The van der Waals surface area contributed by atoms with Gasteiger partial charge in [0.15, 0.2) is 0 Å². The van der Waals surface area contributed by atoms with E-state index in [2.05, 4.69) is 0 Å². The Hall–Kier alpha value is -1.48. The second-order valence-corrected chi connectivity index (χ2v) is 3.63. The minimum Gasteiger partial charge on any atom is -0.207 e. The molecule has 0 radical (unpaired) electrons. The molecule has 0 unspecified atom stereocenters. The van der Waals surface area contributed by atoms with Gasteiger partial charge in [-0.2, -0.15) is 0 Å². The first kappa shape index (κ1) is 11.0. The molecule has 4 heteroatoms. The molecule has 0 heterocycles. The van der Waals surface area contributed by atoms with Crippen molar-refractivity contribution in [1.82, 2.24) is 0 Å². The van der Waals surface area contributed by atoms with Gasteiger partial charge in [-0.1, -0.05) is 17.7 Å². The van der Waals surface area contributed by atoms with Crippen LogP contribution >= 0.6 is 11.6 Å². The third-order valence-corrected chi connectivity index (χ3v) is 2.48. The normalized spacial score (nSPS) is 10.5. The Bertz CT molecular complexity index is 518. The van der Waals surface area contributed by atoms with E-state index >= 15 is 0 Å². The van der Waals surface area contributed by atoms with Crippen LogP contribution < -0.4 is 0 Å². The molecule has 0 aliphatic rings. The summed E-state index contributed by atoms with van der Waals surface area (Å²) >= 11 is 5.78. The highest BCUT2D eigenvalue weighted by Gasteiger charge is 2.13. The van der Waals surface area contributed by atoms with Crippen LogP contribution in [-0.4, -0.2) is 0 Å². The Morgan fingerprint density at radius 3 is 2.25 bits per heavy atom. The largest absolute Gasteiger partial charge is 0.207 e. The molecule has 0 atom stereocenters. The monoisotopic (exact) mass is 242 g/mol. The van der Waals surface area contributed by atoms with Crippen molar-refractivity contribution in [3.8, 4) is 11.1 Å². The number of halogens is 4. The fraction of sp³-hybridized carbons (Fsp3) is 0. The number of hydrogen-bond donors (Lipinski definition) is 0. The van der Waals surface area contributed by atoms with E-state index in [1.54, 1.807) is 0 Å². The standard InChI is InChI=1S/C12H6ClF3/c13-9-2-1-3-10(15)12(9)8-5-4-7(14)6-11(8)16/h1-6H. The zero-order valence-electron chi connectivity index (χ0n) is 7.98. The zero-order chi connectivity index (χ0) is 11.7. The summed E-state index contributed by atoms with van der Waals surface area (Å²) in [5.74, 6) is -2.20. The van der Waals surface area contributed by atoms with Crippen LogP contribution in [0.4, 0.5) is 13.2 Å². The van der Waals surface area contributed by atoms with Crippen molar-refractivity contribution in [1.29, 1.82) is 0 Å². The van der Waals surface area contributed by atoms with Crippen LogP contribution in [-0.2, 0) is 0 Å². The van der Waals surface area contributed by atoms with E-state index in [4.69, 9.17) is 11.6 Å². The van der Waals surface area contributed by atoms with Gasteiger partial charge in [-0.25, -0.2) is 13.2 Å². The van der Waals surface area contributed by atoms with Crippen molar-refractivity contribution in [2.45, 2.75) is 0 Å². The third-order valence-electron chi connectivity index (χ3n) is 2.16. The summed E-state index contributed by atoms with van der Waals surface area (Å²) in [7, 11) is 0. The molecule has 2 aromatic carbocycles. The number of hydrogen-bond acceptors (Lipinski definition) is 0. The summed E-state index contributed by atoms with van der Waals surface area (Å²) in [6.07, 6.45) is 0. The van der Waals surface area contributed by atoms with Gasteiger partial charge in [-0.05, 0) is 24.3 Å². The molecule has 0 fully saturated rings. The maximum absolute atomic E-state index is 13.5. The van der Waals surface area contributed by atoms with E-state index in [9.17, 15) is 13.2 Å². The summed E-state index contributed by atoms with van der Waals surface area (Å²) in [5, 5.41) is 0.0884. The Morgan fingerprint density at radius 1 is 0.875 bits per heavy atom. The predicted molar refractivity (Wildman–Crippen MR) is 56.8 cm³/mol. The molecule has 0 saturated heterocycles. The van der Waals surface area contributed by atoms with Crippen molar-refractivity contribution in [2.75, 3.05) is 0 Å². The molecule has 0 saturated carbocycles. The Morgan fingerprint density at radius 2 is 1.62 bits per heavy atom. The van der Waals surface area contributed by atoms with Crippen LogP contribution in [0.1, 0.15) is 0 Å². The highest BCUT2D eigenvalue weighted by molar-refractivity contribution is 6.33. The molecule has 82 valence electrons. The summed E-state index contributed by atoms with van der Waals surface area (Å²) in [6.45, 7) is 0. The smallest absolute Gasteiger partial charge is 0.134 e. The Labute approximate surface area is 95.3 Å². The van der Waals surface area contributed by atoms with Crippen LogP contribution in [0.2, 0.25) is 5.02 Å². The van der Waals surface area contributed by atoms with Crippen LogP contribution in [0.15, 0.2) is 36.4 Å². The van der Waals surface area contributed by atoms with Gasteiger partial charge in [-0.3, -0.25) is 0 Å². The van der Waals surface area contributed by atoms with E-state index in [-0.39, 0.29) is 16.1 Å². The molecule has 0 aliphatic carbocycles. The molecule has 16 heavy (non-hydrogen) atoms. The van der Waals surface area contributed by atoms with Crippen LogP contribution in [0.3, 0.4) is 0 Å². The molecule has 0 aromatic heterocycles. The Kier molecular flexibility index (Phi) is 2.88. The van der Waals surface area contributed by atoms with Gasteiger partial charge in [0.05, 0.1) is 5.02 Å². The molecule has 2 aromatic rings. The maximum Gasteiger partial charge on any atom is 0.134 e. The molecule has 0 N–H and O–H groups in total. The van der Waals surface area contributed by atoms with E-state index in [1.807, 2.05) is 0 Å². The lowest BCUT2D eigenvalue weighted by Gasteiger charge is -2.07. The van der Waals surface area contributed by atoms with Crippen molar-refractivity contribution in [3.05, 3.63) is 58.9 Å². The SMILES string of the molecule is Fc1ccc(-c2c(F)cccc2Cl)c(F)c1. The van der Waals surface area contributed by atoms with E-state index in [0.29, 0.717) is 6.07 Å². The summed E-state index contributed by atoms with van der Waals surface area (Å²) in [5.41, 5.74) is -0.105. The summed E-state index contributed by atoms with van der Waals surface area (Å²) in [6, 6.07) is 6.95. The number of rotatable bonds is 1. The van der Waals surface area contributed by atoms with Gasteiger partial charge < -0.3 is 0 Å². The molecule has 0 aliphatic heterocycles. The molecule has 0 bridgehead atoms. The lowest BCUT2D eigenvalue weighted by molar-refractivity contribution is 0.582. The first-order valence-electron chi connectivity index (χ1n) is 4.49. The molecular weight excluding hydrogens is 237 g/mol. The average Bonchev–Trinajstić information content (AvgIpc) is 2.20. The molecule has 0 amide bonds. The fourth-order valence-electron chi connectivity index (χ4n) is 1.45. The minimum absolute atomic E-state index is 0.0514. The summed E-state index contributed by atoms with van der Waals surface area (Å²) in [4.78, 5) is 0. The second-order valence-electron chi connectivity index (χ2n) is 3.22. The van der Waals surface area contributed by atoms with Gasteiger partial charge in [0.25, 0.3) is 0 Å². The maximum atomic E-state index is 13.5. The van der Waals surface area contributed by atoms with Crippen molar-refractivity contribution >= 4 is 11.6 Å². The quantitative estimate of drug-likeness (QED) is 0.694. The lowest BCUT2D eigenvalue weighted by atomic mass is 10.0. The Balaban J connectivity index is 2.68. The van der Waals surface area contributed by atoms with Gasteiger partial charge in [0, 0.05) is 17.2 Å². The van der Waals surface area contributed by atoms with E-state index < -0.39 is 17.5 Å². The highest BCUT2D eigenvalue weighted by atomic mass is 35.5. The van der Waals surface area contributed by atoms with Crippen LogP contribution in [0, 0.1) is 17.5 Å². The first-order valence-corrected chi connectivity index (χ1v) is 4.87. The predicted octanol–water partition coefficient (Wildman–Crippen LogP) is 4.42. The number of benzene rings is 2. The molecule has 2 rings (SSSR count). The minimum atomic E-state index is -0.841. The fourth-order valence-corrected chi connectivity index (χ4v) is 1.71. The molecule has 0 nitrogen and oxygen atoms in total. The molecule has 0 spiro atoms. The first-order chi connectivity index (χ1) is 7.59. The second kappa shape index (κ2) is 4.18. The van der Waals surface area contributed by atoms with Crippen molar-refractivity contribution < 1.29 is 13.2 Å². The summed E-state index contributed by atoms with van der Waals surface area (Å²) < 4.78 is 39.6. The van der Waals surface area contributed by atoms with Crippen LogP contribution in [0.25, 0.3) is 11.1 Å². The lowest BCUT2D eigenvalue weighted by Crippen LogP contribution is -1.90. The van der Waals surface area contributed by atoms with E-state index in [1.165, 1.54) is 18.2 Å². The van der Waals surface area contributed by atoms with Gasteiger partial charge >= 0.3 is 0 Å². The highest BCUT2D eigenvalue weighted by Crippen LogP contribution is 2.32. The van der Waals surface area contributed by atoms with Gasteiger partial charge in [-0.15, -0.1) is 0 Å². The van der Waals surface area contributed by atoms with Gasteiger partial charge in [0.2, 0.25) is 0 Å². The third kappa shape index (κ3) is 1.91. The average molecular weight is 243 g/mol. The zero-order valence-corrected chi connectivity index (χ0v) is 8.73. The van der Waals surface area contributed by atoms with Crippen LogP contribution in [0.5, 0.6) is 0 Å². The van der Waals surface area contributed by atoms with E-state index in [0.717, 1.165) is 12.1 Å².